The zero-order valence-electron chi connectivity index (χ0n) is 11.7. The topological polar surface area (TPSA) is 60.1 Å². The minimum absolute atomic E-state index is 0.0210. The highest BCUT2D eigenvalue weighted by Crippen LogP contribution is 2.17. The van der Waals surface area contributed by atoms with Gasteiger partial charge in [-0.15, -0.1) is 11.3 Å². The summed E-state index contributed by atoms with van der Waals surface area (Å²) in [7, 11) is 0. The lowest BCUT2D eigenvalue weighted by Crippen LogP contribution is -2.27. The van der Waals surface area contributed by atoms with E-state index in [9.17, 15) is 4.79 Å². The van der Waals surface area contributed by atoms with E-state index < -0.39 is 0 Å². The molecule has 3 rings (SSSR count). The molecular weight excluding hydrogens is 286 g/mol. The highest BCUT2D eigenvalue weighted by molar-refractivity contribution is 7.10. The lowest BCUT2D eigenvalue weighted by atomic mass is 10.2. The minimum atomic E-state index is -0.0210. The Labute approximate surface area is 126 Å². The van der Waals surface area contributed by atoms with Crippen LogP contribution < -0.4 is 5.69 Å². The molecule has 0 saturated carbocycles. The molecule has 2 aromatic rings. The van der Waals surface area contributed by atoms with Crippen molar-refractivity contribution in [1.29, 1.82) is 0 Å². The summed E-state index contributed by atoms with van der Waals surface area (Å²) < 4.78 is 3.33. The first-order valence-electron chi connectivity index (χ1n) is 7.12. The number of rotatable bonds is 3. The van der Waals surface area contributed by atoms with Crippen LogP contribution >= 0.6 is 11.3 Å². The molecule has 3 heterocycles. The van der Waals surface area contributed by atoms with Crippen LogP contribution in [-0.2, 0) is 19.5 Å². The molecule has 0 saturated heterocycles. The van der Waals surface area contributed by atoms with Gasteiger partial charge in [-0.2, -0.15) is 5.10 Å². The Morgan fingerprint density at radius 3 is 3.14 bits per heavy atom. The number of nitrogens with zero attached hydrogens (tertiary/aromatic N) is 3. The second-order valence-electron chi connectivity index (χ2n) is 5.00. The normalized spacial score (nSPS) is 13.6. The standard InChI is InChI=1S/C15H17N3O2S/c19-9-4-2-5-12-7-10-21-13(12)11-18-15(20)17-8-3-1-6-14(17)16-18/h7,10,19H,1,3-4,6,8-9,11H2. The van der Waals surface area contributed by atoms with Crippen molar-refractivity contribution in [3.05, 3.63) is 38.2 Å². The van der Waals surface area contributed by atoms with Gasteiger partial charge in [0.1, 0.15) is 5.82 Å². The first kappa shape index (κ1) is 14.1. The van der Waals surface area contributed by atoms with Crippen LogP contribution in [0.25, 0.3) is 0 Å². The summed E-state index contributed by atoms with van der Waals surface area (Å²) >= 11 is 1.58. The minimum Gasteiger partial charge on any atom is -0.395 e. The van der Waals surface area contributed by atoms with E-state index in [1.54, 1.807) is 20.6 Å². The zero-order chi connectivity index (χ0) is 14.7. The summed E-state index contributed by atoms with van der Waals surface area (Å²) in [6, 6.07) is 1.95. The molecule has 21 heavy (non-hydrogen) atoms. The van der Waals surface area contributed by atoms with Crippen LogP contribution in [0.2, 0.25) is 0 Å². The van der Waals surface area contributed by atoms with E-state index >= 15 is 0 Å². The number of thiophene rings is 1. The van der Waals surface area contributed by atoms with E-state index in [0.29, 0.717) is 13.0 Å². The van der Waals surface area contributed by atoms with Crippen LogP contribution in [0.5, 0.6) is 0 Å². The molecule has 1 N–H and O–H groups in total. The third kappa shape index (κ3) is 2.94. The third-order valence-electron chi connectivity index (χ3n) is 3.53. The predicted molar refractivity (Wildman–Crippen MR) is 81.4 cm³/mol. The fourth-order valence-electron chi connectivity index (χ4n) is 2.48. The summed E-state index contributed by atoms with van der Waals surface area (Å²) in [6.45, 7) is 1.32. The quantitative estimate of drug-likeness (QED) is 0.868. The number of aryl methyl sites for hydroxylation is 1. The molecule has 5 nitrogen and oxygen atoms in total. The largest absolute Gasteiger partial charge is 0.395 e. The Hall–Kier alpha value is -1.84. The molecule has 6 heteroatoms. The molecule has 0 radical (unpaired) electrons. The number of aliphatic hydroxyl groups excluding tert-OH is 1. The highest BCUT2D eigenvalue weighted by atomic mass is 32.1. The summed E-state index contributed by atoms with van der Waals surface area (Å²) in [6.07, 6.45) is 3.51. The van der Waals surface area contributed by atoms with Crippen molar-refractivity contribution < 1.29 is 5.11 Å². The Bertz CT molecular complexity index is 745. The van der Waals surface area contributed by atoms with E-state index in [0.717, 1.165) is 42.1 Å². The second kappa shape index (κ2) is 6.29. The van der Waals surface area contributed by atoms with E-state index in [1.807, 2.05) is 11.4 Å². The van der Waals surface area contributed by atoms with Crippen molar-refractivity contribution in [2.75, 3.05) is 6.61 Å². The second-order valence-corrected chi connectivity index (χ2v) is 6.00. The smallest absolute Gasteiger partial charge is 0.346 e. The molecule has 0 aromatic carbocycles. The van der Waals surface area contributed by atoms with Crippen LogP contribution in [0.4, 0.5) is 0 Å². The molecule has 0 spiro atoms. The van der Waals surface area contributed by atoms with Gasteiger partial charge in [0.05, 0.1) is 13.2 Å². The maximum atomic E-state index is 12.3. The van der Waals surface area contributed by atoms with Crippen LogP contribution in [0.3, 0.4) is 0 Å². The number of aliphatic hydroxyl groups is 1. The molecule has 0 bridgehead atoms. The molecular formula is C15H17N3O2S. The molecule has 0 aliphatic carbocycles. The monoisotopic (exact) mass is 303 g/mol. The number of hydrogen-bond acceptors (Lipinski definition) is 4. The predicted octanol–water partition coefficient (Wildman–Crippen LogP) is 1.22. The van der Waals surface area contributed by atoms with Gasteiger partial charge in [0.2, 0.25) is 0 Å². The first-order chi connectivity index (χ1) is 10.3. The van der Waals surface area contributed by atoms with Crippen LogP contribution in [0, 0.1) is 11.8 Å². The maximum absolute atomic E-state index is 12.3. The Morgan fingerprint density at radius 1 is 1.43 bits per heavy atom. The van der Waals surface area contributed by atoms with Crippen molar-refractivity contribution >= 4 is 11.3 Å². The van der Waals surface area contributed by atoms with E-state index in [4.69, 9.17) is 5.11 Å². The number of hydrogen-bond donors (Lipinski definition) is 1. The van der Waals surface area contributed by atoms with Gasteiger partial charge in [0.25, 0.3) is 0 Å². The number of aromatic nitrogens is 3. The van der Waals surface area contributed by atoms with Crippen LogP contribution in [0.15, 0.2) is 16.2 Å². The molecule has 110 valence electrons. The first-order valence-corrected chi connectivity index (χ1v) is 8.00. The lowest BCUT2D eigenvalue weighted by Gasteiger charge is -2.09. The fraction of sp³-hybridized carbons (Fsp3) is 0.467. The Kier molecular flexibility index (Phi) is 4.23. The lowest BCUT2D eigenvalue weighted by molar-refractivity contribution is 0.305. The van der Waals surface area contributed by atoms with Gasteiger partial charge < -0.3 is 5.11 Å². The molecule has 0 atom stereocenters. The molecule has 0 unspecified atom stereocenters. The van der Waals surface area contributed by atoms with Crippen molar-refractivity contribution in [3.63, 3.8) is 0 Å². The average Bonchev–Trinajstić information content (AvgIpc) is 3.06. The summed E-state index contributed by atoms with van der Waals surface area (Å²) in [5, 5.41) is 15.2. The van der Waals surface area contributed by atoms with Crippen LogP contribution in [0.1, 0.15) is 35.5 Å². The van der Waals surface area contributed by atoms with Crippen molar-refractivity contribution in [2.45, 2.75) is 38.8 Å². The van der Waals surface area contributed by atoms with Gasteiger partial charge in [0.15, 0.2) is 0 Å². The average molecular weight is 303 g/mol. The molecule has 0 fully saturated rings. The number of fused-ring (bicyclic) bond motifs is 1. The summed E-state index contributed by atoms with van der Waals surface area (Å²) in [4.78, 5) is 13.4. The molecule has 2 aromatic heterocycles. The van der Waals surface area contributed by atoms with Gasteiger partial charge in [-0.25, -0.2) is 9.48 Å². The van der Waals surface area contributed by atoms with Gasteiger partial charge in [0, 0.05) is 29.8 Å². The summed E-state index contributed by atoms with van der Waals surface area (Å²) in [5.74, 6) is 6.87. The fourth-order valence-corrected chi connectivity index (χ4v) is 3.29. The van der Waals surface area contributed by atoms with Crippen LogP contribution in [-0.4, -0.2) is 26.1 Å². The van der Waals surface area contributed by atoms with E-state index in [2.05, 4.69) is 16.9 Å². The molecule has 1 aliphatic heterocycles. The van der Waals surface area contributed by atoms with Crippen molar-refractivity contribution in [2.24, 2.45) is 0 Å². The Balaban J connectivity index is 1.85. The highest BCUT2D eigenvalue weighted by Gasteiger charge is 2.17. The molecule has 1 aliphatic rings. The zero-order valence-corrected chi connectivity index (χ0v) is 12.5. The summed E-state index contributed by atoms with van der Waals surface area (Å²) in [5.41, 5.74) is 0.902. The van der Waals surface area contributed by atoms with Crippen molar-refractivity contribution in [1.82, 2.24) is 14.3 Å². The van der Waals surface area contributed by atoms with E-state index in [1.165, 1.54) is 0 Å². The third-order valence-corrected chi connectivity index (χ3v) is 4.44. The van der Waals surface area contributed by atoms with Gasteiger partial charge in [-0.3, -0.25) is 4.57 Å². The molecule has 0 amide bonds. The van der Waals surface area contributed by atoms with Gasteiger partial charge >= 0.3 is 5.69 Å². The van der Waals surface area contributed by atoms with Crippen molar-refractivity contribution in [3.8, 4) is 11.8 Å². The van der Waals surface area contributed by atoms with Gasteiger partial charge in [-0.05, 0) is 24.3 Å². The Morgan fingerprint density at radius 2 is 2.33 bits per heavy atom. The maximum Gasteiger partial charge on any atom is 0.346 e. The van der Waals surface area contributed by atoms with Gasteiger partial charge in [-0.1, -0.05) is 11.8 Å². The SMILES string of the molecule is O=c1n(Cc2sccc2C#CCCO)nc2n1CCCC2. The van der Waals surface area contributed by atoms with E-state index in [-0.39, 0.29) is 12.3 Å².